The third kappa shape index (κ3) is 3.21. The number of nitrogens with one attached hydrogen (secondary N) is 1. The van der Waals surface area contributed by atoms with Crippen LogP contribution >= 0.6 is 0 Å². The van der Waals surface area contributed by atoms with E-state index in [1.807, 2.05) is 26.0 Å². The zero-order chi connectivity index (χ0) is 18.3. The van der Waals surface area contributed by atoms with Crippen molar-refractivity contribution < 1.29 is 14.3 Å². The highest BCUT2D eigenvalue weighted by Gasteiger charge is 2.37. The molecular formula is C20H25N3O3. The van der Waals surface area contributed by atoms with Crippen molar-refractivity contribution in [3.63, 3.8) is 0 Å². The van der Waals surface area contributed by atoms with E-state index in [-0.39, 0.29) is 12.2 Å². The van der Waals surface area contributed by atoms with Gasteiger partial charge in [0.2, 0.25) is 5.88 Å². The van der Waals surface area contributed by atoms with Gasteiger partial charge in [0.05, 0.1) is 11.7 Å². The van der Waals surface area contributed by atoms with Crippen LogP contribution in [0.5, 0.6) is 11.6 Å². The Morgan fingerprint density at radius 2 is 2.19 bits per heavy atom. The Kier molecular flexibility index (Phi) is 4.44. The number of nitrogens with two attached hydrogens (primary N) is 1. The third-order valence-electron chi connectivity index (χ3n) is 5.32. The highest BCUT2D eigenvalue weighted by Crippen LogP contribution is 2.36. The van der Waals surface area contributed by atoms with Crippen LogP contribution in [0, 0.1) is 5.92 Å². The number of carbonyl (C=O) groups is 1. The second kappa shape index (κ2) is 6.76. The number of benzene rings is 1. The Morgan fingerprint density at radius 1 is 1.35 bits per heavy atom. The zero-order valence-corrected chi connectivity index (χ0v) is 15.2. The number of carbonyl (C=O) groups excluding carboxylic acids is 1. The molecule has 1 aromatic heterocycles. The summed E-state index contributed by atoms with van der Waals surface area (Å²) in [6.45, 7) is 4.84. The van der Waals surface area contributed by atoms with Crippen LogP contribution in [0.4, 0.5) is 0 Å². The summed E-state index contributed by atoms with van der Waals surface area (Å²) >= 11 is 0. The van der Waals surface area contributed by atoms with Gasteiger partial charge in [0, 0.05) is 30.1 Å². The standard InChI is InChI=1S/C20H25N3O3/c1-11(2)25-18-9-15-12(7-16(18)19(21)24)5-6-22-20(15)26-17-8-14-4-3-13(17)10-23-14/h5-7,9,11,13-14,17,23H,3-4,8,10H2,1-2H3,(H2,21,24)/t13-,14-,17-/m0/s1. The predicted molar refractivity (Wildman–Crippen MR) is 99.6 cm³/mol. The molecule has 2 saturated heterocycles. The number of amides is 1. The van der Waals surface area contributed by atoms with Gasteiger partial charge in [0.15, 0.2) is 0 Å². The molecule has 3 heterocycles. The normalized spacial score (nSPS) is 24.8. The molecule has 1 saturated carbocycles. The smallest absolute Gasteiger partial charge is 0.252 e. The molecule has 3 atom stereocenters. The molecule has 0 radical (unpaired) electrons. The molecule has 138 valence electrons. The molecule has 26 heavy (non-hydrogen) atoms. The van der Waals surface area contributed by atoms with Crippen molar-refractivity contribution in [2.75, 3.05) is 6.54 Å². The van der Waals surface area contributed by atoms with Crippen LogP contribution in [0.15, 0.2) is 24.4 Å². The number of aromatic nitrogens is 1. The maximum Gasteiger partial charge on any atom is 0.252 e. The SMILES string of the molecule is CC(C)Oc1cc2c(O[C@H]3C[C@@H]4CC[C@H]3CN4)nccc2cc1C(N)=O. The molecule has 3 N–H and O–H groups in total. The van der Waals surface area contributed by atoms with E-state index in [0.717, 1.165) is 23.7 Å². The Labute approximate surface area is 153 Å². The average molecular weight is 355 g/mol. The number of hydrogen-bond donors (Lipinski definition) is 2. The van der Waals surface area contributed by atoms with Crippen LogP contribution in [0.2, 0.25) is 0 Å². The number of pyridine rings is 1. The van der Waals surface area contributed by atoms with E-state index in [9.17, 15) is 4.79 Å². The first-order chi connectivity index (χ1) is 12.5. The molecule has 1 aliphatic carbocycles. The highest BCUT2D eigenvalue weighted by atomic mass is 16.5. The lowest BCUT2D eigenvalue weighted by molar-refractivity contribution is 0.0394. The molecule has 3 aliphatic rings. The maximum atomic E-state index is 11.8. The van der Waals surface area contributed by atoms with E-state index >= 15 is 0 Å². The van der Waals surface area contributed by atoms with Gasteiger partial charge in [0.1, 0.15) is 11.9 Å². The van der Waals surface area contributed by atoms with Gasteiger partial charge in [-0.1, -0.05) is 0 Å². The van der Waals surface area contributed by atoms with Crippen molar-refractivity contribution in [1.82, 2.24) is 10.3 Å². The number of rotatable bonds is 5. The van der Waals surface area contributed by atoms with Crippen molar-refractivity contribution in [3.05, 3.63) is 30.0 Å². The molecule has 2 aliphatic heterocycles. The van der Waals surface area contributed by atoms with Gasteiger partial charge in [-0.2, -0.15) is 0 Å². The van der Waals surface area contributed by atoms with Gasteiger partial charge >= 0.3 is 0 Å². The summed E-state index contributed by atoms with van der Waals surface area (Å²) in [6.07, 6.45) is 5.26. The second-order valence-electron chi connectivity index (χ2n) is 7.55. The Hall–Kier alpha value is -2.34. The molecule has 2 aromatic rings. The van der Waals surface area contributed by atoms with Crippen molar-refractivity contribution in [2.24, 2.45) is 11.7 Å². The lowest BCUT2D eigenvalue weighted by atomic mass is 9.79. The molecule has 0 unspecified atom stereocenters. The van der Waals surface area contributed by atoms with Gasteiger partial charge in [-0.25, -0.2) is 4.98 Å². The molecule has 1 amide bonds. The number of primary amides is 1. The minimum absolute atomic E-state index is 0.0632. The quantitative estimate of drug-likeness (QED) is 0.861. The third-order valence-corrected chi connectivity index (χ3v) is 5.32. The maximum absolute atomic E-state index is 11.8. The van der Waals surface area contributed by atoms with Crippen LogP contribution < -0.4 is 20.5 Å². The average Bonchev–Trinajstić information content (AvgIpc) is 2.62. The summed E-state index contributed by atoms with van der Waals surface area (Å²) in [5.74, 6) is 1.10. The van der Waals surface area contributed by atoms with E-state index in [0.29, 0.717) is 29.2 Å². The number of hydrogen-bond acceptors (Lipinski definition) is 5. The molecule has 2 bridgehead atoms. The molecule has 6 nitrogen and oxygen atoms in total. The molecule has 0 spiro atoms. The number of ether oxygens (including phenoxy) is 2. The second-order valence-corrected chi connectivity index (χ2v) is 7.55. The first-order valence-electron chi connectivity index (χ1n) is 9.30. The van der Waals surface area contributed by atoms with Gasteiger partial charge in [-0.3, -0.25) is 4.79 Å². The fraction of sp³-hybridized carbons (Fsp3) is 0.500. The highest BCUT2D eigenvalue weighted by molar-refractivity contribution is 6.01. The summed E-state index contributed by atoms with van der Waals surface area (Å²) in [5.41, 5.74) is 5.92. The summed E-state index contributed by atoms with van der Waals surface area (Å²) in [5, 5.41) is 5.27. The van der Waals surface area contributed by atoms with Crippen molar-refractivity contribution in [3.8, 4) is 11.6 Å². The summed E-state index contributed by atoms with van der Waals surface area (Å²) in [7, 11) is 0. The topological polar surface area (TPSA) is 86.5 Å². The summed E-state index contributed by atoms with van der Waals surface area (Å²) < 4.78 is 12.2. The van der Waals surface area contributed by atoms with Gasteiger partial charge < -0.3 is 20.5 Å². The van der Waals surface area contributed by atoms with Gasteiger partial charge in [-0.05, 0) is 56.7 Å². The van der Waals surface area contributed by atoms with E-state index in [1.54, 1.807) is 12.3 Å². The lowest BCUT2D eigenvalue weighted by Crippen LogP contribution is -2.53. The van der Waals surface area contributed by atoms with E-state index < -0.39 is 5.91 Å². The summed E-state index contributed by atoms with van der Waals surface area (Å²) in [4.78, 5) is 16.3. The van der Waals surface area contributed by atoms with Crippen LogP contribution in [0.3, 0.4) is 0 Å². The zero-order valence-electron chi connectivity index (χ0n) is 15.2. The number of nitrogens with zero attached hydrogens (tertiary/aromatic N) is 1. The van der Waals surface area contributed by atoms with Gasteiger partial charge in [0.25, 0.3) is 5.91 Å². The molecule has 5 rings (SSSR count). The fourth-order valence-corrected chi connectivity index (χ4v) is 4.03. The van der Waals surface area contributed by atoms with Crippen molar-refractivity contribution in [1.29, 1.82) is 0 Å². The van der Waals surface area contributed by atoms with Crippen molar-refractivity contribution in [2.45, 2.75) is 51.4 Å². The minimum Gasteiger partial charge on any atom is -0.490 e. The monoisotopic (exact) mass is 355 g/mol. The summed E-state index contributed by atoms with van der Waals surface area (Å²) in [6, 6.07) is 6.00. The molecule has 6 heteroatoms. The minimum atomic E-state index is -0.502. The predicted octanol–water partition coefficient (Wildman–Crippen LogP) is 2.64. The van der Waals surface area contributed by atoms with E-state index in [4.69, 9.17) is 15.2 Å². The first-order valence-corrected chi connectivity index (χ1v) is 9.30. The van der Waals surface area contributed by atoms with Crippen LogP contribution in [0.1, 0.15) is 43.5 Å². The van der Waals surface area contributed by atoms with E-state index in [1.165, 1.54) is 12.8 Å². The largest absolute Gasteiger partial charge is 0.490 e. The Bertz CT molecular complexity index is 828. The Morgan fingerprint density at radius 3 is 2.81 bits per heavy atom. The fourth-order valence-electron chi connectivity index (χ4n) is 4.03. The number of fused-ring (bicyclic) bond motifs is 4. The molecular weight excluding hydrogens is 330 g/mol. The van der Waals surface area contributed by atoms with Crippen molar-refractivity contribution >= 4 is 16.7 Å². The van der Waals surface area contributed by atoms with Crippen LogP contribution in [-0.2, 0) is 0 Å². The Balaban J connectivity index is 1.72. The van der Waals surface area contributed by atoms with E-state index in [2.05, 4.69) is 10.3 Å². The van der Waals surface area contributed by atoms with Crippen LogP contribution in [-0.4, -0.2) is 35.7 Å². The van der Waals surface area contributed by atoms with Gasteiger partial charge in [-0.15, -0.1) is 0 Å². The molecule has 1 aromatic carbocycles. The lowest BCUT2D eigenvalue weighted by Gasteiger charge is -2.42. The van der Waals surface area contributed by atoms with Crippen LogP contribution in [0.25, 0.3) is 10.8 Å². The number of piperidine rings is 2. The first kappa shape index (κ1) is 17.1. The molecule has 3 fully saturated rings.